The number of carbonyl (C=O) groups excluding carboxylic acids is 2. The zero-order valence-corrected chi connectivity index (χ0v) is 11.8. The number of rotatable bonds is 3. The van der Waals surface area contributed by atoms with Crippen LogP contribution in [-0.4, -0.2) is 18.2 Å². The maximum Gasteiger partial charge on any atom is 0.237 e. The Morgan fingerprint density at radius 2 is 2.00 bits per heavy atom. The van der Waals surface area contributed by atoms with E-state index in [2.05, 4.69) is 6.07 Å². The van der Waals surface area contributed by atoms with Gasteiger partial charge in [0.1, 0.15) is 0 Å². The molecule has 1 amide bonds. The molecule has 1 aliphatic heterocycles. The minimum Gasteiger partial charge on any atom is -0.312 e. The lowest BCUT2D eigenvalue weighted by atomic mass is 9.91. The van der Waals surface area contributed by atoms with Gasteiger partial charge in [0.25, 0.3) is 0 Å². The van der Waals surface area contributed by atoms with E-state index in [1.54, 1.807) is 4.90 Å². The van der Waals surface area contributed by atoms with Crippen molar-refractivity contribution in [1.82, 2.24) is 0 Å². The van der Waals surface area contributed by atoms with Crippen LogP contribution in [0.25, 0.3) is 0 Å². The van der Waals surface area contributed by atoms with Crippen LogP contribution >= 0.6 is 0 Å². The van der Waals surface area contributed by atoms with Gasteiger partial charge < -0.3 is 4.90 Å². The number of ketones is 1. The molecular weight excluding hydrogens is 252 g/mol. The fourth-order valence-corrected chi connectivity index (χ4v) is 2.74. The first-order valence-electron chi connectivity index (χ1n) is 6.82. The average Bonchev–Trinajstić information content (AvgIpc) is 2.38. The summed E-state index contributed by atoms with van der Waals surface area (Å²) in [6.45, 7) is 4.62. The Kier molecular flexibility index (Phi) is 4.19. The summed E-state index contributed by atoms with van der Waals surface area (Å²) in [6.07, 6.45) is 1.16. The van der Waals surface area contributed by atoms with E-state index in [-0.39, 0.29) is 18.1 Å². The minimum atomic E-state index is -0.649. The monoisotopic (exact) mass is 270 g/mol. The number of nitrogens with zero attached hydrogens (tertiary/aromatic N) is 2. The lowest BCUT2D eigenvalue weighted by Crippen LogP contribution is -2.44. The van der Waals surface area contributed by atoms with Gasteiger partial charge in [-0.25, -0.2) is 0 Å². The van der Waals surface area contributed by atoms with E-state index in [1.165, 1.54) is 0 Å². The highest BCUT2D eigenvalue weighted by Crippen LogP contribution is 2.27. The van der Waals surface area contributed by atoms with Crippen molar-refractivity contribution in [3.8, 4) is 6.07 Å². The summed E-state index contributed by atoms with van der Waals surface area (Å²) < 4.78 is 0. The molecule has 104 valence electrons. The number of carbonyl (C=O) groups is 2. The summed E-state index contributed by atoms with van der Waals surface area (Å²) in [7, 11) is 0. The van der Waals surface area contributed by atoms with Gasteiger partial charge in [0.15, 0.2) is 5.78 Å². The van der Waals surface area contributed by atoms with Gasteiger partial charge in [-0.1, -0.05) is 6.07 Å². The third-order valence-corrected chi connectivity index (χ3v) is 3.60. The van der Waals surface area contributed by atoms with E-state index in [0.29, 0.717) is 13.0 Å². The van der Waals surface area contributed by atoms with Crippen molar-refractivity contribution in [2.45, 2.75) is 33.1 Å². The first kappa shape index (κ1) is 14.3. The molecule has 0 saturated carbocycles. The summed E-state index contributed by atoms with van der Waals surface area (Å²) >= 11 is 0. The topological polar surface area (TPSA) is 61.2 Å². The second kappa shape index (κ2) is 5.87. The predicted octanol–water partition coefficient (Wildman–Crippen LogP) is 2.53. The molecule has 1 unspecified atom stereocenters. The summed E-state index contributed by atoms with van der Waals surface area (Å²) in [6, 6.07) is 7.81. The van der Waals surface area contributed by atoms with E-state index in [9.17, 15) is 9.59 Å². The number of anilines is 1. The molecule has 0 bridgehead atoms. The molecular formula is C16H18N2O2. The number of benzene rings is 1. The van der Waals surface area contributed by atoms with Crippen LogP contribution in [0.15, 0.2) is 18.2 Å². The van der Waals surface area contributed by atoms with Crippen LogP contribution in [0.3, 0.4) is 0 Å². The van der Waals surface area contributed by atoms with Crippen LogP contribution < -0.4 is 4.90 Å². The fraction of sp³-hybridized carbons (Fsp3) is 0.438. The van der Waals surface area contributed by atoms with Crippen LogP contribution in [0, 0.1) is 31.1 Å². The van der Waals surface area contributed by atoms with Gasteiger partial charge in [-0.3, -0.25) is 9.59 Å². The molecule has 0 aliphatic carbocycles. The highest BCUT2D eigenvalue weighted by atomic mass is 16.2. The van der Waals surface area contributed by atoms with Crippen molar-refractivity contribution < 1.29 is 9.59 Å². The zero-order valence-electron chi connectivity index (χ0n) is 11.8. The molecule has 1 fully saturated rings. The molecule has 0 spiro atoms. The molecule has 1 aromatic carbocycles. The normalized spacial score (nSPS) is 18.8. The summed E-state index contributed by atoms with van der Waals surface area (Å²) in [5.41, 5.74) is 3.04. The Morgan fingerprint density at radius 3 is 2.60 bits per heavy atom. The van der Waals surface area contributed by atoms with Gasteiger partial charge in [0, 0.05) is 12.2 Å². The van der Waals surface area contributed by atoms with Crippen molar-refractivity contribution in [2.75, 3.05) is 11.4 Å². The molecule has 0 N–H and O–H groups in total. The Hall–Kier alpha value is -2.15. The first-order valence-corrected chi connectivity index (χ1v) is 6.82. The van der Waals surface area contributed by atoms with Crippen molar-refractivity contribution in [3.05, 3.63) is 29.3 Å². The van der Waals surface area contributed by atoms with Crippen LogP contribution in [0.4, 0.5) is 5.69 Å². The zero-order chi connectivity index (χ0) is 14.7. The molecule has 4 nitrogen and oxygen atoms in total. The standard InChI is InChI=1S/C16H18N2O2/c1-11-8-12(2)10-13(9-11)18-7-3-4-14(16(18)20)15(19)5-6-17/h8-10,14H,3-5,7H2,1-2H3. The summed E-state index contributed by atoms with van der Waals surface area (Å²) in [5, 5.41) is 8.61. The number of nitriles is 1. The molecule has 4 heteroatoms. The Bertz CT molecular complexity index is 566. The Morgan fingerprint density at radius 1 is 1.35 bits per heavy atom. The van der Waals surface area contributed by atoms with E-state index in [0.717, 1.165) is 23.2 Å². The van der Waals surface area contributed by atoms with Gasteiger partial charge in [-0.05, 0) is 49.9 Å². The van der Waals surface area contributed by atoms with Gasteiger partial charge in [0.05, 0.1) is 18.4 Å². The third-order valence-electron chi connectivity index (χ3n) is 3.60. The van der Waals surface area contributed by atoms with Gasteiger partial charge in [-0.2, -0.15) is 5.26 Å². The molecule has 1 aromatic rings. The molecule has 1 saturated heterocycles. The smallest absolute Gasteiger partial charge is 0.237 e. The molecule has 1 heterocycles. The summed E-state index contributed by atoms with van der Waals surface area (Å²) in [5.74, 6) is -1.07. The van der Waals surface area contributed by atoms with Crippen LogP contribution in [0.1, 0.15) is 30.4 Å². The third kappa shape index (κ3) is 2.88. The fourth-order valence-electron chi connectivity index (χ4n) is 2.74. The van der Waals surface area contributed by atoms with E-state index in [4.69, 9.17) is 5.26 Å². The van der Waals surface area contributed by atoms with Crippen LogP contribution in [0.2, 0.25) is 0 Å². The SMILES string of the molecule is Cc1cc(C)cc(N2CCCC(C(=O)CC#N)C2=O)c1. The van der Waals surface area contributed by atoms with Crippen molar-refractivity contribution in [2.24, 2.45) is 5.92 Å². The van der Waals surface area contributed by atoms with Crippen molar-refractivity contribution >= 4 is 17.4 Å². The van der Waals surface area contributed by atoms with Crippen molar-refractivity contribution in [3.63, 3.8) is 0 Å². The number of Topliss-reactive ketones (excluding diaryl/α,β-unsaturated/α-hetero) is 1. The highest BCUT2D eigenvalue weighted by molar-refractivity contribution is 6.09. The quantitative estimate of drug-likeness (QED) is 0.793. The number of hydrogen-bond donors (Lipinski definition) is 0. The van der Waals surface area contributed by atoms with Crippen molar-refractivity contribution in [1.29, 1.82) is 5.26 Å². The van der Waals surface area contributed by atoms with Gasteiger partial charge >= 0.3 is 0 Å². The second-order valence-electron chi connectivity index (χ2n) is 5.33. The van der Waals surface area contributed by atoms with Crippen LogP contribution in [-0.2, 0) is 9.59 Å². The molecule has 2 rings (SSSR count). The first-order chi connectivity index (χ1) is 9.52. The van der Waals surface area contributed by atoms with Gasteiger partial charge in [0.2, 0.25) is 5.91 Å². The summed E-state index contributed by atoms with van der Waals surface area (Å²) in [4.78, 5) is 26.0. The molecule has 0 aromatic heterocycles. The number of hydrogen-bond acceptors (Lipinski definition) is 3. The average molecular weight is 270 g/mol. The minimum absolute atomic E-state index is 0.165. The predicted molar refractivity (Wildman–Crippen MR) is 76.2 cm³/mol. The van der Waals surface area contributed by atoms with E-state index < -0.39 is 5.92 Å². The number of piperidine rings is 1. The molecule has 1 aliphatic rings. The lowest BCUT2D eigenvalue weighted by Gasteiger charge is -2.31. The van der Waals surface area contributed by atoms with Crippen LogP contribution in [0.5, 0.6) is 0 Å². The molecule has 20 heavy (non-hydrogen) atoms. The molecule has 1 atom stereocenters. The Balaban J connectivity index is 2.26. The van der Waals surface area contributed by atoms with E-state index in [1.807, 2.05) is 32.0 Å². The Labute approximate surface area is 119 Å². The molecule has 0 radical (unpaired) electrons. The van der Waals surface area contributed by atoms with Gasteiger partial charge in [-0.15, -0.1) is 0 Å². The maximum atomic E-state index is 12.5. The number of amides is 1. The number of aryl methyl sites for hydroxylation is 2. The highest BCUT2D eigenvalue weighted by Gasteiger charge is 2.34. The lowest BCUT2D eigenvalue weighted by molar-refractivity contribution is -0.133. The second-order valence-corrected chi connectivity index (χ2v) is 5.33. The maximum absolute atomic E-state index is 12.5. The largest absolute Gasteiger partial charge is 0.312 e. The van der Waals surface area contributed by atoms with E-state index >= 15 is 0 Å².